The Balaban J connectivity index is 0. The number of aliphatic hydroxyl groups is 3. The summed E-state index contributed by atoms with van der Waals surface area (Å²) < 4.78 is -0.125. The number of nitrogens with one attached hydrogen (secondary N) is 1. The molecule has 0 aromatic heterocycles. The van der Waals surface area contributed by atoms with Gasteiger partial charge in [0.25, 0.3) is 0 Å². The van der Waals surface area contributed by atoms with Gasteiger partial charge in [-0.05, 0) is 13.1 Å². The van der Waals surface area contributed by atoms with Crippen molar-refractivity contribution in [2.24, 2.45) is 0 Å². The van der Waals surface area contributed by atoms with E-state index in [1.807, 2.05) is 0 Å². The molecule has 0 rings (SSSR count). The fourth-order valence-corrected chi connectivity index (χ4v) is 0.384. The van der Waals surface area contributed by atoms with Crippen LogP contribution in [0.25, 0.3) is 0 Å². The quantitative estimate of drug-likeness (QED) is 0.332. The second-order valence-electron chi connectivity index (χ2n) is 3.00. The van der Waals surface area contributed by atoms with Crippen LogP contribution in [0.5, 0.6) is 0 Å². The maximum Gasteiger partial charge on any atom is 0.183 e. The highest BCUT2D eigenvalue weighted by atomic mass is 16.3. The van der Waals surface area contributed by atoms with Crippen LogP contribution >= 0.6 is 0 Å². The average molecular weight is 195 g/mol. The zero-order valence-corrected chi connectivity index (χ0v) is 8.82. The van der Waals surface area contributed by atoms with Crippen molar-refractivity contribution in [1.29, 1.82) is 0 Å². The van der Waals surface area contributed by atoms with E-state index in [9.17, 15) is 0 Å². The van der Waals surface area contributed by atoms with Gasteiger partial charge in [0.05, 0.1) is 7.05 Å². The van der Waals surface area contributed by atoms with Crippen molar-refractivity contribution in [3.8, 4) is 0 Å². The van der Waals surface area contributed by atoms with E-state index >= 15 is 0 Å². The lowest BCUT2D eigenvalue weighted by atomic mass is 10.7. The van der Waals surface area contributed by atoms with Gasteiger partial charge in [-0.15, -0.1) is 0 Å². The number of aliphatic hydroxyl groups excluding tert-OH is 3. The normalized spacial score (nSPS) is 10.6. The van der Waals surface area contributed by atoms with Gasteiger partial charge in [0.15, 0.2) is 20.2 Å². The SMILES string of the molecule is CCNCC.C[N+](CO)(CO)CO. The van der Waals surface area contributed by atoms with Crippen LogP contribution in [-0.2, 0) is 0 Å². The Bertz CT molecular complexity index is 87.1. The van der Waals surface area contributed by atoms with Crippen LogP contribution in [0.15, 0.2) is 0 Å². The Labute approximate surface area is 80.2 Å². The molecule has 0 aromatic carbocycles. The molecule has 0 radical (unpaired) electrons. The first-order chi connectivity index (χ1) is 6.10. The molecular weight excluding hydrogens is 172 g/mol. The van der Waals surface area contributed by atoms with E-state index in [1.54, 1.807) is 7.05 Å². The van der Waals surface area contributed by atoms with Crippen LogP contribution in [0.3, 0.4) is 0 Å². The fraction of sp³-hybridized carbons (Fsp3) is 1.00. The molecule has 0 spiro atoms. The standard InChI is InChI=1S/C4H12NO3.C4H11N/c1-5(2-6,3-7)4-8;1-3-5-4-2/h6-8H,2-4H2,1H3;5H,3-4H2,1-2H3/q+1;. The largest absolute Gasteiger partial charge is 0.347 e. The number of hydrogen-bond acceptors (Lipinski definition) is 4. The predicted molar refractivity (Wildman–Crippen MR) is 51.7 cm³/mol. The molecule has 0 fully saturated rings. The lowest BCUT2D eigenvalue weighted by molar-refractivity contribution is -0.959. The second kappa shape index (κ2) is 9.88. The highest BCUT2D eigenvalue weighted by Gasteiger charge is 2.15. The first kappa shape index (κ1) is 15.3. The van der Waals surface area contributed by atoms with Crippen molar-refractivity contribution in [3.05, 3.63) is 0 Å². The highest BCUT2D eigenvalue weighted by Crippen LogP contribution is 1.93. The molecule has 0 heterocycles. The summed E-state index contributed by atoms with van der Waals surface area (Å²) in [7, 11) is 1.54. The fourth-order valence-electron chi connectivity index (χ4n) is 0.384. The van der Waals surface area contributed by atoms with E-state index in [0.717, 1.165) is 13.1 Å². The zero-order chi connectivity index (χ0) is 10.7. The van der Waals surface area contributed by atoms with Gasteiger partial charge in [0.1, 0.15) is 0 Å². The Hall–Kier alpha value is -0.200. The first-order valence-electron chi connectivity index (χ1n) is 4.47. The van der Waals surface area contributed by atoms with Crippen LogP contribution in [0.2, 0.25) is 0 Å². The van der Waals surface area contributed by atoms with E-state index < -0.39 is 0 Å². The molecule has 82 valence electrons. The molecule has 0 aliphatic heterocycles. The minimum absolute atomic E-state index is 0.125. The van der Waals surface area contributed by atoms with Crippen LogP contribution < -0.4 is 5.32 Å². The predicted octanol–water partition coefficient (Wildman–Crippen LogP) is -1.10. The van der Waals surface area contributed by atoms with Crippen molar-refractivity contribution in [1.82, 2.24) is 5.32 Å². The molecule has 0 bridgehead atoms. The Morgan fingerprint density at radius 3 is 1.23 bits per heavy atom. The van der Waals surface area contributed by atoms with Crippen LogP contribution in [-0.4, -0.2) is 60.1 Å². The Morgan fingerprint density at radius 2 is 1.23 bits per heavy atom. The summed E-state index contributed by atoms with van der Waals surface area (Å²) in [6.45, 7) is 5.66. The summed E-state index contributed by atoms with van der Waals surface area (Å²) >= 11 is 0. The van der Waals surface area contributed by atoms with Gasteiger partial charge in [-0.2, -0.15) is 0 Å². The van der Waals surface area contributed by atoms with Crippen molar-refractivity contribution in [2.75, 3.05) is 40.3 Å². The zero-order valence-electron chi connectivity index (χ0n) is 8.82. The Kier molecular flexibility index (Phi) is 11.6. The van der Waals surface area contributed by atoms with Crippen LogP contribution in [0.1, 0.15) is 13.8 Å². The molecule has 5 nitrogen and oxygen atoms in total. The molecular formula is C8H23N2O3+. The third-order valence-corrected chi connectivity index (χ3v) is 1.52. The molecule has 13 heavy (non-hydrogen) atoms. The third-order valence-electron chi connectivity index (χ3n) is 1.52. The molecule has 0 aliphatic carbocycles. The first-order valence-corrected chi connectivity index (χ1v) is 4.47. The van der Waals surface area contributed by atoms with Gasteiger partial charge in [-0.1, -0.05) is 13.8 Å². The van der Waals surface area contributed by atoms with E-state index in [-0.39, 0.29) is 24.7 Å². The monoisotopic (exact) mass is 195 g/mol. The average Bonchev–Trinajstić information content (AvgIpc) is 2.19. The van der Waals surface area contributed by atoms with Gasteiger partial charge >= 0.3 is 0 Å². The minimum atomic E-state index is -0.243. The lowest BCUT2D eigenvalue weighted by Crippen LogP contribution is -2.46. The molecule has 0 aliphatic rings. The summed E-state index contributed by atoms with van der Waals surface area (Å²) in [5.74, 6) is 0. The number of nitrogens with zero attached hydrogens (tertiary/aromatic N) is 1. The van der Waals surface area contributed by atoms with Gasteiger partial charge in [-0.25, -0.2) is 0 Å². The summed E-state index contributed by atoms with van der Waals surface area (Å²) in [6, 6.07) is 0. The topological polar surface area (TPSA) is 72.7 Å². The van der Waals surface area contributed by atoms with Crippen LogP contribution in [0.4, 0.5) is 0 Å². The van der Waals surface area contributed by atoms with Crippen molar-refractivity contribution >= 4 is 0 Å². The summed E-state index contributed by atoms with van der Waals surface area (Å²) in [4.78, 5) is 0. The van der Waals surface area contributed by atoms with E-state index in [4.69, 9.17) is 15.3 Å². The molecule has 0 saturated carbocycles. The van der Waals surface area contributed by atoms with Crippen molar-refractivity contribution in [3.63, 3.8) is 0 Å². The van der Waals surface area contributed by atoms with Crippen molar-refractivity contribution in [2.45, 2.75) is 13.8 Å². The van der Waals surface area contributed by atoms with Gasteiger partial charge < -0.3 is 20.6 Å². The van der Waals surface area contributed by atoms with Gasteiger partial charge in [0.2, 0.25) is 0 Å². The molecule has 0 aromatic rings. The lowest BCUT2D eigenvalue weighted by Gasteiger charge is -2.25. The molecule has 0 atom stereocenters. The minimum Gasteiger partial charge on any atom is -0.347 e. The summed E-state index contributed by atoms with van der Waals surface area (Å²) in [5, 5.41) is 28.4. The van der Waals surface area contributed by atoms with E-state index in [1.165, 1.54) is 0 Å². The highest BCUT2D eigenvalue weighted by molar-refractivity contribution is 4.27. The van der Waals surface area contributed by atoms with Gasteiger partial charge in [-0.3, -0.25) is 4.48 Å². The molecule has 5 heteroatoms. The van der Waals surface area contributed by atoms with E-state index in [2.05, 4.69) is 19.2 Å². The number of rotatable bonds is 5. The molecule has 4 N–H and O–H groups in total. The second-order valence-corrected chi connectivity index (χ2v) is 3.00. The van der Waals surface area contributed by atoms with Crippen LogP contribution in [0, 0.1) is 0 Å². The number of hydrogen-bond donors (Lipinski definition) is 4. The maximum atomic E-state index is 8.44. The molecule has 0 saturated heterocycles. The van der Waals surface area contributed by atoms with Crippen molar-refractivity contribution < 1.29 is 19.8 Å². The molecule has 0 unspecified atom stereocenters. The maximum absolute atomic E-state index is 8.44. The van der Waals surface area contributed by atoms with E-state index in [0.29, 0.717) is 0 Å². The summed E-state index contributed by atoms with van der Waals surface area (Å²) in [6.07, 6.45) is 0. The van der Waals surface area contributed by atoms with Gasteiger partial charge in [0, 0.05) is 0 Å². The third kappa shape index (κ3) is 9.72. The number of quaternary nitrogens is 1. The molecule has 0 amide bonds. The smallest absolute Gasteiger partial charge is 0.183 e. The Morgan fingerprint density at radius 1 is 0.923 bits per heavy atom. The summed E-state index contributed by atoms with van der Waals surface area (Å²) in [5.41, 5.74) is 0.